The molecule has 0 saturated carbocycles. The highest BCUT2D eigenvalue weighted by atomic mass is 79.9. The molecule has 0 amide bonds. The quantitative estimate of drug-likeness (QED) is 0.944. The van der Waals surface area contributed by atoms with Crippen LogP contribution in [0.5, 0.6) is 0 Å². The summed E-state index contributed by atoms with van der Waals surface area (Å²) < 4.78 is 3.44. The van der Waals surface area contributed by atoms with Crippen LogP contribution in [0.25, 0.3) is 0 Å². The Balaban J connectivity index is 1.81. The molecule has 0 bridgehead atoms. The van der Waals surface area contributed by atoms with Crippen molar-refractivity contribution in [1.29, 1.82) is 0 Å². The molecule has 0 aromatic carbocycles. The summed E-state index contributed by atoms with van der Waals surface area (Å²) in [6, 6.07) is 2.18. The van der Waals surface area contributed by atoms with E-state index in [1.807, 2.05) is 12.5 Å². The Labute approximate surface area is 113 Å². The molecule has 90 valence electrons. The minimum absolute atomic E-state index is 0.626. The van der Waals surface area contributed by atoms with E-state index in [-0.39, 0.29) is 0 Å². The first-order valence-electron chi connectivity index (χ1n) is 5.76. The van der Waals surface area contributed by atoms with Crippen LogP contribution in [0.1, 0.15) is 22.9 Å². The van der Waals surface area contributed by atoms with Gasteiger partial charge in [-0.1, -0.05) is 0 Å². The van der Waals surface area contributed by atoms with Gasteiger partial charge in [0.05, 0.1) is 12.9 Å². The van der Waals surface area contributed by atoms with Crippen LogP contribution in [0.15, 0.2) is 28.4 Å². The fourth-order valence-corrected chi connectivity index (χ4v) is 3.76. The van der Waals surface area contributed by atoms with Crippen LogP contribution in [-0.4, -0.2) is 22.6 Å². The van der Waals surface area contributed by atoms with E-state index < -0.39 is 0 Å². The predicted octanol–water partition coefficient (Wildman–Crippen LogP) is 2.83. The lowest BCUT2D eigenvalue weighted by atomic mass is 10.1. The number of halogens is 1. The largest absolute Gasteiger partial charge is 0.329 e. The molecule has 1 unspecified atom stereocenters. The van der Waals surface area contributed by atoms with Crippen molar-refractivity contribution in [3.8, 4) is 0 Å². The number of aromatic nitrogens is 2. The smallest absolute Gasteiger partial charge is 0.0951 e. The van der Waals surface area contributed by atoms with Gasteiger partial charge in [0, 0.05) is 39.1 Å². The van der Waals surface area contributed by atoms with Crippen LogP contribution in [-0.2, 0) is 6.54 Å². The summed E-state index contributed by atoms with van der Waals surface area (Å²) in [5, 5.41) is 5.54. The van der Waals surface area contributed by atoms with Crippen molar-refractivity contribution < 1.29 is 0 Å². The lowest BCUT2D eigenvalue weighted by Crippen LogP contribution is -2.11. The third-order valence-corrected chi connectivity index (χ3v) is 4.85. The van der Waals surface area contributed by atoms with Crippen LogP contribution in [0, 0.1) is 0 Å². The van der Waals surface area contributed by atoms with Gasteiger partial charge in [0.15, 0.2) is 0 Å². The van der Waals surface area contributed by atoms with Crippen LogP contribution in [0.3, 0.4) is 0 Å². The minimum Gasteiger partial charge on any atom is -0.329 e. The molecular weight excluding hydrogens is 298 g/mol. The summed E-state index contributed by atoms with van der Waals surface area (Å²) >= 11 is 5.28. The molecule has 2 aromatic rings. The first kappa shape index (κ1) is 11.4. The number of thiophene rings is 1. The van der Waals surface area contributed by atoms with Gasteiger partial charge in [0.1, 0.15) is 0 Å². The van der Waals surface area contributed by atoms with E-state index in [1.54, 1.807) is 11.3 Å². The van der Waals surface area contributed by atoms with Crippen LogP contribution >= 0.6 is 27.3 Å². The Bertz CT molecular complexity index is 499. The van der Waals surface area contributed by atoms with Gasteiger partial charge in [0.2, 0.25) is 0 Å². The molecule has 1 aliphatic rings. The lowest BCUT2D eigenvalue weighted by molar-refractivity contribution is 0.658. The minimum atomic E-state index is 0.626. The topological polar surface area (TPSA) is 29.9 Å². The Morgan fingerprint density at radius 2 is 2.53 bits per heavy atom. The Hall–Kier alpha value is -0.650. The maximum absolute atomic E-state index is 4.30. The van der Waals surface area contributed by atoms with Gasteiger partial charge in [-0.25, -0.2) is 4.98 Å². The van der Waals surface area contributed by atoms with E-state index in [2.05, 4.69) is 42.2 Å². The van der Waals surface area contributed by atoms with Gasteiger partial charge in [-0.2, -0.15) is 0 Å². The average Bonchev–Trinajstić information content (AvgIpc) is 3.00. The molecule has 1 atom stereocenters. The highest BCUT2D eigenvalue weighted by molar-refractivity contribution is 9.10. The molecule has 1 fully saturated rings. The number of hydrogen-bond donors (Lipinski definition) is 1. The van der Waals surface area contributed by atoms with Crippen molar-refractivity contribution in [2.75, 3.05) is 13.1 Å². The fourth-order valence-electron chi connectivity index (χ4n) is 2.31. The Morgan fingerprint density at radius 3 is 3.24 bits per heavy atom. The second kappa shape index (κ2) is 4.92. The summed E-state index contributed by atoms with van der Waals surface area (Å²) in [4.78, 5) is 5.66. The molecule has 1 N–H and O–H groups in total. The van der Waals surface area contributed by atoms with Crippen molar-refractivity contribution in [2.24, 2.45) is 0 Å². The third kappa shape index (κ3) is 2.46. The summed E-state index contributed by atoms with van der Waals surface area (Å²) in [6.07, 6.45) is 5.18. The number of nitrogens with zero attached hydrogens (tertiary/aromatic N) is 2. The zero-order chi connectivity index (χ0) is 11.7. The fraction of sp³-hybridized carbons (Fsp3) is 0.417. The number of hydrogen-bond acceptors (Lipinski definition) is 3. The molecule has 2 aromatic heterocycles. The van der Waals surface area contributed by atoms with Gasteiger partial charge in [0.25, 0.3) is 0 Å². The maximum atomic E-state index is 4.30. The number of rotatable bonds is 3. The second-order valence-corrected chi connectivity index (χ2v) is 6.28. The van der Waals surface area contributed by atoms with Crippen molar-refractivity contribution in [2.45, 2.75) is 18.9 Å². The van der Waals surface area contributed by atoms with Gasteiger partial charge < -0.3 is 9.88 Å². The zero-order valence-corrected chi connectivity index (χ0v) is 11.8. The number of imidazole rings is 1. The Kier molecular flexibility index (Phi) is 3.31. The molecule has 0 spiro atoms. The highest BCUT2D eigenvalue weighted by Crippen LogP contribution is 2.25. The molecular formula is C12H14BrN3S. The van der Waals surface area contributed by atoms with Crippen molar-refractivity contribution in [1.82, 2.24) is 14.9 Å². The van der Waals surface area contributed by atoms with E-state index in [1.165, 1.54) is 21.5 Å². The molecule has 3 nitrogen and oxygen atoms in total. The van der Waals surface area contributed by atoms with Crippen LogP contribution < -0.4 is 5.32 Å². The molecule has 0 aliphatic carbocycles. The zero-order valence-electron chi connectivity index (χ0n) is 9.40. The first-order valence-corrected chi connectivity index (χ1v) is 7.44. The molecule has 5 heteroatoms. The van der Waals surface area contributed by atoms with Crippen LogP contribution in [0.4, 0.5) is 0 Å². The standard InChI is InChI=1S/C12H14BrN3S/c13-10-3-11(17-7-10)6-16-8-15-5-12(16)9-1-2-14-4-9/h3,5,7-9,14H,1-2,4,6H2. The van der Waals surface area contributed by atoms with E-state index in [4.69, 9.17) is 0 Å². The van der Waals surface area contributed by atoms with Crippen molar-refractivity contribution in [3.63, 3.8) is 0 Å². The monoisotopic (exact) mass is 311 g/mol. The van der Waals surface area contributed by atoms with Gasteiger partial charge >= 0.3 is 0 Å². The summed E-state index contributed by atoms with van der Waals surface area (Å²) in [6.45, 7) is 3.14. The van der Waals surface area contributed by atoms with Gasteiger partial charge in [-0.05, 0) is 35.0 Å². The van der Waals surface area contributed by atoms with Gasteiger partial charge in [-0.15, -0.1) is 11.3 Å². The van der Waals surface area contributed by atoms with E-state index in [0.717, 1.165) is 19.6 Å². The lowest BCUT2D eigenvalue weighted by Gasteiger charge is -2.11. The molecule has 3 rings (SSSR count). The van der Waals surface area contributed by atoms with E-state index in [0.29, 0.717) is 5.92 Å². The first-order chi connectivity index (χ1) is 8.33. The normalized spacial score (nSPS) is 19.9. The second-order valence-electron chi connectivity index (χ2n) is 4.37. The molecule has 1 aliphatic heterocycles. The van der Waals surface area contributed by atoms with Gasteiger partial charge in [-0.3, -0.25) is 0 Å². The summed E-state index contributed by atoms with van der Waals surface area (Å²) in [5.74, 6) is 0.626. The third-order valence-electron chi connectivity index (χ3n) is 3.17. The van der Waals surface area contributed by atoms with Crippen LogP contribution in [0.2, 0.25) is 0 Å². The average molecular weight is 312 g/mol. The molecule has 0 radical (unpaired) electrons. The van der Waals surface area contributed by atoms with E-state index in [9.17, 15) is 0 Å². The van der Waals surface area contributed by atoms with Crippen molar-refractivity contribution in [3.05, 3.63) is 39.0 Å². The maximum Gasteiger partial charge on any atom is 0.0951 e. The van der Waals surface area contributed by atoms with E-state index >= 15 is 0 Å². The molecule has 17 heavy (non-hydrogen) atoms. The van der Waals surface area contributed by atoms with Crippen molar-refractivity contribution >= 4 is 27.3 Å². The summed E-state index contributed by atoms with van der Waals surface area (Å²) in [5.41, 5.74) is 1.36. The SMILES string of the molecule is Brc1csc(Cn2cncc2C2CCNC2)c1. The predicted molar refractivity (Wildman–Crippen MR) is 73.6 cm³/mol. The molecule has 3 heterocycles. The Morgan fingerprint density at radius 1 is 1.59 bits per heavy atom. The summed E-state index contributed by atoms with van der Waals surface area (Å²) in [7, 11) is 0. The highest BCUT2D eigenvalue weighted by Gasteiger charge is 2.20. The number of nitrogens with one attached hydrogen (secondary N) is 1. The molecule has 1 saturated heterocycles.